The summed E-state index contributed by atoms with van der Waals surface area (Å²) >= 11 is 0. The molecule has 1 aliphatic rings. The Morgan fingerprint density at radius 2 is 2.05 bits per heavy atom. The number of nitrogens with one attached hydrogen (secondary N) is 1. The summed E-state index contributed by atoms with van der Waals surface area (Å²) in [5, 5.41) is 3.55. The zero-order chi connectivity index (χ0) is 14.0. The van der Waals surface area contributed by atoms with Gasteiger partial charge in [-0.25, -0.2) is 0 Å². The van der Waals surface area contributed by atoms with E-state index in [0.717, 1.165) is 12.8 Å². The lowest BCUT2D eigenvalue weighted by molar-refractivity contribution is -0.125. The van der Waals surface area contributed by atoms with Crippen molar-refractivity contribution in [2.45, 2.75) is 45.7 Å². The van der Waals surface area contributed by atoms with Crippen molar-refractivity contribution in [3.63, 3.8) is 0 Å². The van der Waals surface area contributed by atoms with Gasteiger partial charge in [0.2, 0.25) is 5.91 Å². The number of piperidine rings is 1. The molecule has 3 heteroatoms. The maximum absolute atomic E-state index is 11.7. The van der Waals surface area contributed by atoms with Crippen molar-refractivity contribution in [2.24, 2.45) is 17.6 Å². The average Bonchev–Trinajstić information content (AvgIpc) is 2.30. The molecule has 0 bridgehead atoms. The molecule has 4 atom stereocenters. The van der Waals surface area contributed by atoms with Crippen molar-refractivity contribution in [1.29, 1.82) is 0 Å². The van der Waals surface area contributed by atoms with E-state index >= 15 is 0 Å². The highest BCUT2D eigenvalue weighted by Crippen LogP contribution is 2.28. The highest BCUT2D eigenvalue weighted by molar-refractivity contribution is 5.78. The highest BCUT2D eigenvalue weighted by Gasteiger charge is 2.37. The van der Waals surface area contributed by atoms with E-state index in [1.54, 1.807) is 0 Å². The monoisotopic (exact) mass is 260 g/mol. The van der Waals surface area contributed by atoms with Crippen LogP contribution in [-0.4, -0.2) is 18.0 Å². The second-order valence-electron chi connectivity index (χ2n) is 5.95. The van der Waals surface area contributed by atoms with Crippen molar-refractivity contribution in [2.75, 3.05) is 0 Å². The van der Waals surface area contributed by atoms with Crippen LogP contribution < -0.4 is 11.1 Å². The third-order valence-corrected chi connectivity index (χ3v) is 4.30. The van der Waals surface area contributed by atoms with Crippen LogP contribution in [0.5, 0.6) is 0 Å². The van der Waals surface area contributed by atoms with Crippen LogP contribution in [0.3, 0.4) is 0 Å². The van der Waals surface area contributed by atoms with E-state index in [9.17, 15) is 4.79 Å². The molecule has 1 heterocycles. The predicted octanol–water partition coefficient (Wildman–Crippen LogP) is 2.03. The predicted molar refractivity (Wildman–Crippen MR) is 77.7 cm³/mol. The van der Waals surface area contributed by atoms with Gasteiger partial charge in [0.15, 0.2) is 0 Å². The van der Waals surface area contributed by atoms with Crippen LogP contribution in [-0.2, 0) is 11.2 Å². The molecule has 1 aromatic carbocycles. The lowest BCUT2D eigenvalue weighted by Crippen LogP contribution is -2.55. The van der Waals surface area contributed by atoms with Crippen LogP contribution in [0, 0.1) is 18.8 Å². The minimum atomic E-state index is -0.175. The van der Waals surface area contributed by atoms with Crippen molar-refractivity contribution in [1.82, 2.24) is 5.32 Å². The first-order valence-corrected chi connectivity index (χ1v) is 7.09. The molecule has 0 saturated carbocycles. The number of benzene rings is 1. The molecule has 1 amide bonds. The van der Waals surface area contributed by atoms with E-state index < -0.39 is 0 Å². The number of aryl methyl sites for hydroxylation is 1. The van der Waals surface area contributed by atoms with E-state index in [1.807, 2.05) is 6.07 Å². The molecule has 0 radical (unpaired) electrons. The van der Waals surface area contributed by atoms with Crippen LogP contribution >= 0.6 is 0 Å². The van der Waals surface area contributed by atoms with Gasteiger partial charge in [0.1, 0.15) is 0 Å². The Labute approximate surface area is 115 Å². The Bertz CT molecular complexity index is 458. The van der Waals surface area contributed by atoms with Gasteiger partial charge in [-0.3, -0.25) is 4.79 Å². The van der Waals surface area contributed by atoms with Gasteiger partial charge in [0.25, 0.3) is 0 Å². The minimum Gasteiger partial charge on any atom is -0.369 e. The standard InChI is InChI=1S/C16H24N2O/c1-10-6-4-5-7-13(10)9-14-15(16(17)19)11(2)8-12(3)18-14/h4-7,11-12,14-15,18H,8-9H2,1-3H3,(H2,17,19). The van der Waals surface area contributed by atoms with Crippen LogP contribution in [0.2, 0.25) is 0 Å². The van der Waals surface area contributed by atoms with Gasteiger partial charge >= 0.3 is 0 Å². The normalized spacial score (nSPS) is 31.1. The number of amides is 1. The maximum Gasteiger partial charge on any atom is 0.222 e. The SMILES string of the molecule is Cc1ccccc1CC1NC(C)CC(C)C1C(N)=O. The summed E-state index contributed by atoms with van der Waals surface area (Å²) in [6.07, 6.45) is 1.88. The summed E-state index contributed by atoms with van der Waals surface area (Å²) in [6.45, 7) is 6.43. The lowest BCUT2D eigenvalue weighted by Gasteiger charge is -2.39. The summed E-state index contributed by atoms with van der Waals surface area (Å²) in [5.74, 6) is 0.101. The van der Waals surface area contributed by atoms with Crippen LogP contribution in [0.4, 0.5) is 0 Å². The largest absolute Gasteiger partial charge is 0.369 e. The zero-order valence-electron chi connectivity index (χ0n) is 12.0. The molecule has 3 nitrogen and oxygen atoms in total. The summed E-state index contributed by atoms with van der Waals surface area (Å²) in [4.78, 5) is 11.7. The molecule has 1 saturated heterocycles. The molecule has 19 heavy (non-hydrogen) atoms. The molecule has 1 aromatic rings. The first-order valence-electron chi connectivity index (χ1n) is 7.09. The van der Waals surface area contributed by atoms with Crippen LogP contribution in [0.1, 0.15) is 31.4 Å². The fraction of sp³-hybridized carbons (Fsp3) is 0.562. The molecular formula is C16H24N2O. The number of rotatable bonds is 3. The number of primary amides is 1. The minimum absolute atomic E-state index is 0.0733. The van der Waals surface area contributed by atoms with Gasteiger partial charge in [-0.15, -0.1) is 0 Å². The molecule has 0 spiro atoms. The number of nitrogens with two attached hydrogens (primary N) is 1. The number of carbonyl (C=O) groups is 1. The third kappa shape index (κ3) is 3.16. The van der Waals surface area contributed by atoms with E-state index in [2.05, 4.69) is 44.3 Å². The van der Waals surface area contributed by atoms with E-state index in [4.69, 9.17) is 5.73 Å². The third-order valence-electron chi connectivity index (χ3n) is 4.30. The highest BCUT2D eigenvalue weighted by atomic mass is 16.1. The van der Waals surface area contributed by atoms with Crippen molar-refractivity contribution in [3.05, 3.63) is 35.4 Å². The van der Waals surface area contributed by atoms with Gasteiger partial charge < -0.3 is 11.1 Å². The molecular weight excluding hydrogens is 236 g/mol. The quantitative estimate of drug-likeness (QED) is 0.873. The first kappa shape index (κ1) is 14.1. The van der Waals surface area contributed by atoms with Crippen molar-refractivity contribution < 1.29 is 4.79 Å². The summed E-state index contributed by atoms with van der Waals surface area (Å²) < 4.78 is 0. The summed E-state index contributed by atoms with van der Waals surface area (Å²) in [5.41, 5.74) is 8.18. The number of carbonyl (C=O) groups excluding carboxylic acids is 1. The molecule has 0 aromatic heterocycles. The molecule has 104 valence electrons. The van der Waals surface area contributed by atoms with Crippen LogP contribution in [0.25, 0.3) is 0 Å². The Kier molecular flexibility index (Phi) is 4.25. The molecule has 4 unspecified atom stereocenters. The average molecular weight is 260 g/mol. The Balaban J connectivity index is 2.20. The first-order chi connectivity index (χ1) is 8.99. The Morgan fingerprint density at radius 1 is 1.37 bits per heavy atom. The smallest absolute Gasteiger partial charge is 0.222 e. The fourth-order valence-corrected chi connectivity index (χ4v) is 3.38. The zero-order valence-corrected chi connectivity index (χ0v) is 12.0. The molecule has 0 aliphatic carbocycles. The Morgan fingerprint density at radius 3 is 2.68 bits per heavy atom. The molecule has 1 fully saturated rings. The Hall–Kier alpha value is -1.35. The van der Waals surface area contributed by atoms with Gasteiger partial charge in [0, 0.05) is 12.1 Å². The molecule has 1 aliphatic heterocycles. The van der Waals surface area contributed by atoms with Crippen molar-refractivity contribution >= 4 is 5.91 Å². The number of hydrogen-bond donors (Lipinski definition) is 2. The lowest BCUT2D eigenvalue weighted by atomic mass is 9.76. The molecule has 2 rings (SSSR count). The number of hydrogen-bond acceptors (Lipinski definition) is 2. The summed E-state index contributed by atoms with van der Waals surface area (Å²) in [6, 6.07) is 8.95. The van der Waals surface area contributed by atoms with Crippen LogP contribution in [0.15, 0.2) is 24.3 Å². The van der Waals surface area contributed by atoms with Gasteiger partial charge in [0.05, 0.1) is 5.92 Å². The van der Waals surface area contributed by atoms with Crippen molar-refractivity contribution in [3.8, 4) is 0 Å². The van der Waals surface area contributed by atoms with Gasteiger partial charge in [-0.1, -0.05) is 31.2 Å². The van der Waals surface area contributed by atoms with Gasteiger partial charge in [-0.05, 0) is 43.7 Å². The maximum atomic E-state index is 11.7. The van der Waals surface area contributed by atoms with E-state index in [-0.39, 0.29) is 17.9 Å². The second kappa shape index (κ2) is 5.74. The summed E-state index contributed by atoms with van der Waals surface area (Å²) in [7, 11) is 0. The van der Waals surface area contributed by atoms with E-state index in [1.165, 1.54) is 11.1 Å². The van der Waals surface area contributed by atoms with E-state index in [0.29, 0.717) is 12.0 Å². The fourth-order valence-electron chi connectivity index (χ4n) is 3.38. The second-order valence-corrected chi connectivity index (χ2v) is 5.95. The molecule has 3 N–H and O–H groups in total. The topological polar surface area (TPSA) is 55.1 Å². The van der Waals surface area contributed by atoms with Gasteiger partial charge in [-0.2, -0.15) is 0 Å².